The van der Waals surface area contributed by atoms with Crippen molar-refractivity contribution in [3.8, 4) is 22.8 Å². The largest absolute Gasteiger partial charge is 0.465 e. The summed E-state index contributed by atoms with van der Waals surface area (Å²) < 4.78 is 15.2. The van der Waals surface area contributed by atoms with Crippen molar-refractivity contribution in [1.29, 1.82) is 0 Å². The van der Waals surface area contributed by atoms with Crippen molar-refractivity contribution in [2.75, 3.05) is 19.1 Å². The van der Waals surface area contributed by atoms with Crippen LogP contribution in [0.25, 0.3) is 22.8 Å². The molecule has 0 saturated carbocycles. The minimum absolute atomic E-state index is 0.0428. The van der Waals surface area contributed by atoms with Crippen LogP contribution in [-0.4, -0.2) is 36.3 Å². The van der Waals surface area contributed by atoms with E-state index >= 15 is 0 Å². The van der Waals surface area contributed by atoms with Crippen LogP contribution < -0.4 is 4.90 Å². The van der Waals surface area contributed by atoms with E-state index in [1.54, 1.807) is 47.5 Å². The smallest absolute Gasteiger partial charge is 0.355 e. The number of benzene rings is 2. The van der Waals surface area contributed by atoms with Gasteiger partial charge in [-0.05, 0) is 36.4 Å². The summed E-state index contributed by atoms with van der Waals surface area (Å²) in [5.74, 6) is -0.464. The minimum atomic E-state index is -0.671. The first-order valence-electron chi connectivity index (χ1n) is 9.67. The molecule has 3 aromatic rings. The molecular weight excluding hydrogens is 410 g/mol. The van der Waals surface area contributed by atoms with Gasteiger partial charge in [0.25, 0.3) is 5.89 Å². The molecule has 0 saturated heterocycles. The highest BCUT2D eigenvalue weighted by atomic mass is 16.5. The number of anilines is 1. The third-order valence-electron chi connectivity index (χ3n) is 4.74. The van der Waals surface area contributed by atoms with E-state index < -0.39 is 11.9 Å². The van der Waals surface area contributed by atoms with Crippen LogP contribution in [0.4, 0.5) is 5.69 Å². The number of methoxy groups -OCH3 is 2. The van der Waals surface area contributed by atoms with Gasteiger partial charge in [0.05, 0.1) is 19.8 Å². The SMILES string of the molecule is COC(=O)C1=C(C(=O)OC)N(c2ccc(-c3nc(-c4ccccc4)no3)cc2)C=CC=C1. The van der Waals surface area contributed by atoms with Gasteiger partial charge in [-0.3, -0.25) is 0 Å². The zero-order chi connectivity index (χ0) is 22.5. The molecule has 0 radical (unpaired) electrons. The standard InChI is InChI=1S/C24H19N3O5/c1-30-23(28)19-10-6-7-15-27(20(19)24(29)31-2)18-13-11-17(12-14-18)22-25-21(26-32-22)16-8-4-3-5-9-16/h3-15H,1-2H3. The molecule has 0 bridgehead atoms. The Labute approximate surface area is 184 Å². The van der Waals surface area contributed by atoms with E-state index in [0.717, 1.165) is 5.56 Å². The quantitative estimate of drug-likeness (QED) is 0.564. The highest BCUT2D eigenvalue weighted by Gasteiger charge is 2.27. The molecule has 160 valence electrons. The average molecular weight is 429 g/mol. The number of rotatable bonds is 5. The van der Waals surface area contributed by atoms with Crippen LogP contribution >= 0.6 is 0 Å². The van der Waals surface area contributed by atoms with Gasteiger partial charge in [-0.15, -0.1) is 0 Å². The lowest BCUT2D eigenvalue weighted by atomic mass is 10.1. The van der Waals surface area contributed by atoms with Crippen LogP contribution in [0.1, 0.15) is 0 Å². The normalized spacial score (nSPS) is 13.1. The molecule has 0 aliphatic carbocycles. The minimum Gasteiger partial charge on any atom is -0.465 e. The van der Waals surface area contributed by atoms with E-state index in [-0.39, 0.29) is 11.3 Å². The Morgan fingerprint density at radius 3 is 2.28 bits per heavy atom. The van der Waals surface area contributed by atoms with E-state index in [4.69, 9.17) is 14.0 Å². The van der Waals surface area contributed by atoms with Crippen molar-refractivity contribution < 1.29 is 23.6 Å². The lowest BCUT2D eigenvalue weighted by molar-refractivity contribution is -0.139. The van der Waals surface area contributed by atoms with E-state index in [9.17, 15) is 9.59 Å². The number of ether oxygens (including phenoxy) is 2. The molecule has 0 unspecified atom stereocenters. The van der Waals surface area contributed by atoms with E-state index in [2.05, 4.69) is 10.1 Å². The van der Waals surface area contributed by atoms with Crippen molar-refractivity contribution in [2.24, 2.45) is 0 Å². The van der Waals surface area contributed by atoms with Crippen molar-refractivity contribution >= 4 is 17.6 Å². The number of aromatic nitrogens is 2. The van der Waals surface area contributed by atoms with Gasteiger partial charge in [0.1, 0.15) is 5.70 Å². The molecule has 0 N–H and O–H groups in total. The molecule has 0 amide bonds. The van der Waals surface area contributed by atoms with Gasteiger partial charge < -0.3 is 18.9 Å². The third kappa shape index (κ3) is 4.06. The zero-order valence-electron chi connectivity index (χ0n) is 17.4. The topological polar surface area (TPSA) is 94.8 Å². The molecule has 0 fully saturated rings. The van der Waals surface area contributed by atoms with Gasteiger partial charge >= 0.3 is 11.9 Å². The first kappa shape index (κ1) is 20.8. The lowest BCUT2D eigenvalue weighted by Gasteiger charge is -2.23. The van der Waals surface area contributed by atoms with Gasteiger partial charge in [-0.2, -0.15) is 4.98 Å². The molecule has 0 spiro atoms. The van der Waals surface area contributed by atoms with E-state index in [0.29, 0.717) is 23.0 Å². The summed E-state index contributed by atoms with van der Waals surface area (Å²) in [5, 5.41) is 4.04. The number of hydrogen-bond acceptors (Lipinski definition) is 8. The fourth-order valence-corrected chi connectivity index (χ4v) is 3.18. The molecule has 32 heavy (non-hydrogen) atoms. The first-order chi connectivity index (χ1) is 15.6. The third-order valence-corrected chi connectivity index (χ3v) is 4.74. The monoisotopic (exact) mass is 429 g/mol. The Hall–Kier alpha value is -4.46. The lowest BCUT2D eigenvalue weighted by Crippen LogP contribution is -2.26. The number of carbonyl (C=O) groups excluding carboxylic acids is 2. The van der Waals surface area contributed by atoms with Gasteiger partial charge in [-0.25, -0.2) is 9.59 Å². The predicted molar refractivity (Wildman–Crippen MR) is 117 cm³/mol. The van der Waals surface area contributed by atoms with Gasteiger partial charge in [0, 0.05) is 23.0 Å². The Morgan fingerprint density at radius 2 is 1.59 bits per heavy atom. The summed E-state index contributed by atoms with van der Waals surface area (Å²) in [4.78, 5) is 30.8. The van der Waals surface area contributed by atoms with Crippen LogP contribution in [0.15, 0.2) is 94.8 Å². The first-order valence-corrected chi connectivity index (χ1v) is 9.67. The van der Waals surface area contributed by atoms with Crippen LogP contribution in [0, 0.1) is 0 Å². The number of carbonyl (C=O) groups is 2. The van der Waals surface area contributed by atoms with Crippen molar-refractivity contribution in [3.05, 3.63) is 90.3 Å². The Bertz CT molecular complexity index is 1220. The highest BCUT2D eigenvalue weighted by Crippen LogP contribution is 2.29. The van der Waals surface area contributed by atoms with Gasteiger partial charge in [0.2, 0.25) is 5.82 Å². The molecule has 1 aliphatic heterocycles. The summed E-state index contributed by atoms with van der Waals surface area (Å²) in [5.41, 5.74) is 2.30. The Kier molecular flexibility index (Phi) is 5.94. The van der Waals surface area contributed by atoms with Gasteiger partial charge in [-0.1, -0.05) is 41.6 Å². The number of nitrogens with zero attached hydrogens (tertiary/aromatic N) is 3. The summed E-state index contributed by atoms with van der Waals surface area (Å²) in [6.07, 6.45) is 6.52. The Morgan fingerprint density at radius 1 is 0.875 bits per heavy atom. The van der Waals surface area contributed by atoms with Crippen LogP contribution in [0.5, 0.6) is 0 Å². The second-order valence-electron chi connectivity index (χ2n) is 6.65. The second kappa shape index (κ2) is 9.13. The predicted octanol–water partition coefficient (Wildman–Crippen LogP) is 3.89. The average Bonchev–Trinajstić information content (AvgIpc) is 3.24. The molecule has 8 heteroatoms. The van der Waals surface area contributed by atoms with Crippen LogP contribution in [0.2, 0.25) is 0 Å². The molecule has 8 nitrogen and oxygen atoms in total. The molecule has 0 atom stereocenters. The molecule has 2 heterocycles. The fourth-order valence-electron chi connectivity index (χ4n) is 3.18. The maximum Gasteiger partial charge on any atom is 0.355 e. The molecule has 4 rings (SSSR count). The highest BCUT2D eigenvalue weighted by molar-refractivity contribution is 6.05. The zero-order valence-corrected chi connectivity index (χ0v) is 17.4. The fraction of sp³-hybridized carbons (Fsp3) is 0.0833. The van der Waals surface area contributed by atoms with Gasteiger partial charge in [0.15, 0.2) is 0 Å². The van der Waals surface area contributed by atoms with E-state index in [1.807, 2.05) is 30.3 Å². The Balaban J connectivity index is 1.68. The summed E-state index contributed by atoms with van der Waals surface area (Å²) in [7, 11) is 2.51. The summed E-state index contributed by atoms with van der Waals surface area (Å²) in [6, 6.07) is 16.6. The number of hydrogen-bond donors (Lipinski definition) is 0. The number of esters is 2. The van der Waals surface area contributed by atoms with Crippen molar-refractivity contribution in [1.82, 2.24) is 10.1 Å². The van der Waals surface area contributed by atoms with E-state index in [1.165, 1.54) is 20.3 Å². The second-order valence-corrected chi connectivity index (χ2v) is 6.65. The van der Waals surface area contributed by atoms with Crippen molar-refractivity contribution in [3.63, 3.8) is 0 Å². The van der Waals surface area contributed by atoms with Crippen molar-refractivity contribution in [2.45, 2.75) is 0 Å². The molecule has 2 aromatic carbocycles. The summed E-state index contributed by atoms with van der Waals surface area (Å²) >= 11 is 0. The number of allylic oxidation sites excluding steroid dienone is 2. The van der Waals surface area contributed by atoms with Crippen LogP contribution in [-0.2, 0) is 19.1 Å². The molecule has 1 aromatic heterocycles. The van der Waals surface area contributed by atoms with Crippen LogP contribution in [0.3, 0.4) is 0 Å². The maximum absolute atomic E-state index is 12.5. The summed E-state index contributed by atoms with van der Waals surface area (Å²) in [6.45, 7) is 0. The molecular formula is C24H19N3O5. The molecule has 1 aliphatic rings. The maximum atomic E-state index is 12.5.